The third-order valence-corrected chi connectivity index (χ3v) is 5.83. The van der Waals surface area contributed by atoms with Crippen LogP contribution in [0, 0.1) is 6.92 Å². The molecule has 0 spiro atoms. The maximum absolute atomic E-state index is 11.7. The molecule has 0 unspecified atom stereocenters. The molecule has 0 bridgehead atoms. The van der Waals surface area contributed by atoms with Crippen LogP contribution >= 0.6 is 0 Å². The Bertz CT molecular complexity index is 1090. The zero-order valence-electron chi connectivity index (χ0n) is 18.3. The average Bonchev–Trinajstić information content (AvgIpc) is 3.18. The molecule has 1 aromatic heterocycles. The molecule has 0 aliphatic carbocycles. The van der Waals surface area contributed by atoms with Crippen molar-refractivity contribution in [3.8, 4) is 17.2 Å². The number of aryl methyl sites for hydroxylation is 1. The van der Waals surface area contributed by atoms with E-state index < -0.39 is 12.0 Å². The van der Waals surface area contributed by atoms with Crippen LogP contribution in [0.15, 0.2) is 65.6 Å². The Morgan fingerprint density at radius 2 is 2.09 bits per heavy atom. The van der Waals surface area contributed by atoms with Gasteiger partial charge >= 0.3 is 5.97 Å². The molecule has 1 aliphatic rings. The number of rotatable bonds is 9. The second kappa shape index (κ2) is 9.83. The van der Waals surface area contributed by atoms with Crippen molar-refractivity contribution in [3.05, 3.63) is 83.8 Å². The lowest BCUT2D eigenvalue weighted by atomic mass is 9.93. The molecule has 2 aromatic carbocycles. The molecule has 32 heavy (non-hydrogen) atoms. The molecule has 1 aliphatic heterocycles. The number of ether oxygens (including phenoxy) is 1. The van der Waals surface area contributed by atoms with Gasteiger partial charge in [0.15, 0.2) is 0 Å². The maximum Gasteiger partial charge on any atom is 0.321 e. The van der Waals surface area contributed by atoms with Crippen LogP contribution < -0.4 is 4.74 Å². The summed E-state index contributed by atoms with van der Waals surface area (Å²) in [6, 6.07) is 15.3. The standard InChI is InChI=1S/C26H28N2O4/c1-3-4-13-28-17-21-15-22(11-10-20(21)16-24(28)26(29)30)31-14-12-23-18(2)32-25(27-23)19-8-6-5-7-9-19/h3,5-11,15,24H,1,4,12-14,16-17H2,2H3,(H,29,30)/t24-/m0/s1. The number of aliphatic carboxylic acids is 1. The number of carboxylic acids is 1. The third-order valence-electron chi connectivity index (χ3n) is 5.83. The molecule has 2 heterocycles. The van der Waals surface area contributed by atoms with Gasteiger partial charge in [-0.2, -0.15) is 0 Å². The van der Waals surface area contributed by atoms with E-state index in [-0.39, 0.29) is 0 Å². The molecule has 166 valence electrons. The van der Waals surface area contributed by atoms with Crippen molar-refractivity contribution in [1.29, 1.82) is 0 Å². The zero-order valence-corrected chi connectivity index (χ0v) is 18.3. The monoisotopic (exact) mass is 432 g/mol. The molecule has 0 radical (unpaired) electrons. The summed E-state index contributed by atoms with van der Waals surface area (Å²) in [5, 5.41) is 9.60. The number of nitrogens with zero attached hydrogens (tertiary/aromatic N) is 2. The first-order chi connectivity index (χ1) is 15.5. The smallest absolute Gasteiger partial charge is 0.321 e. The van der Waals surface area contributed by atoms with Crippen LogP contribution in [0.3, 0.4) is 0 Å². The molecule has 1 N–H and O–H groups in total. The number of hydrogen-bond donors (Lipinski definition) is 1. The van der Waals surface area contributed by atoms with Gasteiger partial charge in [0, 0.05) is 25.1 Å². The molecule has 0 saturated carbocycles. The summed E-state index contributed by atoms with van der Waals surface area (Å²) in [7, 11) is 0. The lowest BCUT2D eigenvalue weighted by Gasteiger charge is -2.34. The Labute approximate surface area is 188 Å². The minimum absolute atomic E-state index is 0.484. The van der Waals surface area contributed by atoms with Gasteiger partial charge in [0.2, 0.25) is 5.89 Å². The number of benzene rings is 2. The highest BCUT2D eigenvalue weighted by Gasteiger charge is 2.31. The third kappa shape index (κ3) is 4.92. The van der Waals surface area contributed by atoms with E-state index in [0.717, 1.165) is 40.3 Å². The van der Waals surface area contributed by atoms with Crippen molar-refractivity contribution in [2.45, 2.75) is 38.8 Å². The van der Waals surface area contributed by atoms with E-state index in [4.69, 9.17) is 9.15 Å². The van der Waals surface area contributed by atoms with Crippen molar-refractivity contribution < 1.29 is 19.1 Å². The van der Waals surface area contributed by atoms with E-state index in [2.05, 4.69) is 11.6 Å². The van der Waals surface area contributed by atoms with Gasteiger partial charge in [-0.15, -0.1) is 6.58 Å². The van der Waals surface area contributed by atoms with Gasteiger partial charge in [-0.1, -0.05) is 30.3 Å². The van der Waals surface area contributed by atoms with Gasteiger partial charge in [-0.25, -0.2) is 4.98 Å². The predicted octanol–water partition coefficient (Wildman–Crippen LogP) is 4.66. The molecule has 0 fully saturated rings. The predicted molar refractivity (Wildman–Crippen MR) is 123 cm³/mol. The van der Waals surface area contributed by atoms with Gasteiger partial charge in [-0.3, -0.25) is 9.69 Å². The van der Waals surface area contributed by atoms with Gasteiger partial charge in [-0.05, 0) is 55.2 Å². The van der Waals surface area contributed by atoms with Gasteiger partial charge < -0.3 is 14.3 Å². The second-order valence-corrected chi connectivity index (χ2v) is 8.02. The zero-order chi connectivity index (χ0) is 22.5. The maximum atomic E-state index is 11.7. The van der Waals surface area contributed by atoms with Crippen LogP contribution in [-0.2, 0) is 24.2 Å². The fourth-order valence-electron chi connectivity index (χ4n) is 4.07. The lowest BCUT2D eigenvalue weighted by molar-refractivity contribution is -0.143. The molecule has 1 atom stereocenters. The Morgan fingerprint density at radius 3 is 2.84 bits per heavy atom. The summed E-state index contributed by atoms with van der Waals surface area (Å²) in [6.45, 7) is 7.43. The number of aromatic nitrogens is 1. The quantitative estimate of drug-likeness (QED) is 0.496. The fraction of sp³-hybridized carbons (Fsp3) is 0.308. The molecule has 6 heteroatoms. The molecule has 6 nitrogen and oxygen atoms in total. The van der Waals surface area contributed by atoms with Gasteiger partial charge in [0.1, 0.15) is 17.6 Å². The molecule has 4 rings (SSSR count). The average molecular weight is 433 g/mol. The Kier molecular flexibility index (Phi) is 6.71. The molecular formula is C26H28N2O4. The van der Waals surface area contributed by atoms with E-state index in [1.54, 1.807) is 0 Å². The SMILES string of the molecule is C=CCCN1Cc2cc(OCCc3nc(-c4ccccc4)oc3C)ccc2C[C@H]1C(=O)O. The summed E-state index contributed by atoms with van der Waals surface area (Å²) in [4.78, 5) is 18.3. The number of carboxylic acid groups (broad SMARTS) is 1. The van der Waals surface area contributed by atoms with Crippen molar-refractivity contribution in [3.63, 3.8) is 0 Å². The molecule has 0 amide bonds. The highest BCUT2D eigenvalue weighted by atomic mass is 16.5. The lowest BCUT2D eigenvalue weighted by Crippen LogP contribution is -2.45. The summed E-state index contributed by atoms with van der Waals surface area (Å²) < 4.78 is 11.8. The first kappa shape index (κ1) is 21.8. The largest absolute Gasteiger partial charge is 0.493 e. The minimum atomic E-state index is -0.780. The summed E-state index contributed by atoms with van der Waals surface area (Å²) in [5.41, 5.74) is 4.03. The van der Waals surface area contributed by atoms with Crippen LogP contribution in [0.4, 0.5) is 0 Å². The van der Waals surface area contributed by atoms with Crippen molar-refractivity contribution >= 4 is 5.97 Å². The molecule has 0 saturated heterocycles. The summed E-state index contributed by atoms with van der Waals surface area (Å²) in [6.07, 6.45) is 3.73. The Hall–Kier alpha value is -3.38. The van der Waals surface area contributed by atoms with Crippen LogP contribution in [0.1, 0.15) is 29.0 Å². The second-order valence-electron chi connectivity index (χ2n) is 8.02. The Morgan fingerprint density at radius 1 is 1.28 bits per heavy atom. The molecule has 3 aromatic rings. The van der Waals surface area contributed by atoms with Crippen molar-refractivity contribution in [1.82, 2.24) is 9.88 Å². The van der Waals surface area contributed by atoms with E-state index in [1.807, 2.05) is 66.4 Å². The summed E-state index contributed by atoms with van der Waals surface area (Å²) in [5.74, 6) is 1.43. The first-order valence-corrected chi connectivity index (χ1v) is 10.9. The number of carbonyl (C=O) groups is 1. The van der Waals surface area contributed by atoms with E-state index in [1.165, 1.54) is 0 Å². The van der Waals surface area contributed by atoms with Gasteiger partial charge in [0.05, 0.1) is 12.3 Å². The van der Waals surface area contributed by atoms with E-state index >= 15 is 0 Å². The van der Waals surface area contributed by atoms with Crippen molar-refractivity contribution in [2.24, 2.45) is 0 Å². The van der Waals surface area contributed by atoms with Crippen molar-refractivity contribution in [2.75, 3.05) is 13.2 Å². The normalized spacial score (nSPS) is 15.8. The first-order valence-electron chi connectivity index (χ1n) is 10.9. The fourth-order valence-corrected chi connectivity index (χ4v) is 4.07. The minimum Gasteiger partial charge on any atom is -0.493 e. The highest BCUT2D eigenvalue weighted by Crippen LogP contribution is 2.28. The van der Waals surface area contributed by atoms with Gasteiger partial charge in [0.25, 0.3) is 0 Å². The van der Waals surface area contributed by atoms with Crippen LogP contribution in [0.5, 0.6) is 5.75 Å². The van der Waals surface area contributed by atoms with Crippen LogP contribution in [-0.4, -0.2) is 40.2 Å². The number of hydrogen-bond acceptors (Lipinski definition) is 5. The topological polar surface area (TPSA) is 75.8 Å². The Balaban J connectivity index is 1.40. The van der Waals surface area contributed by atoms with Crippen LogP contribution in [0.2, 0.25) is 0 Å². The van der Waals surface area contributed by atoms with E-state index in [0.29, 0.717) is 38.4 Å². The highest BCUT2D eigenvalue weighted by molar-refractivity contribution is 5.74. The van der Waals surface area contributed by atoms with Crippen LogP contribution in [0.25, 0.3) is 11.5 Å². The number of fused-ring (bicyclic) bond motifs is 1. The molecular weight excluding hydrogens is 404 g/mol. The number of oxazole rings is 1. The summed E-state index contributed by atoms with van der Waals surface area (Å²) >= 11 is 0. The van der Waals surface area contributed by atoms with E-state index in [9.17, 15) is 9.90 Å².